The van der Waals surface area contributed by atoms with Gasteiger partial charge < -0.3 is 5.73 Å². The molecule has 0 radical (unpaired) electrons. The Morgan fingerprint density at radius 1 is 1.26 bits per heavy atom. The van der Waals surface area contributed by atoms with Crippen LogP contribution in [-0.4, -0.2) is 22.4 Å². The highest BCUT2D eigenvalue weighted by Crippen LogP contribution is 2.54. The molecule has 1 atom stereocenters. The molecule has 1 unspecified atom stereocenters. The first kappa shape index (κ1) is 25.8. The van der Waals surface area contributed by atoms with E-state index in [4.69, 9.17) is 10.7 Å². The number of hydrogen-bond donors (Lipinski definition) is 1. The van der Waals surface area contributed by atoms with Crippen molar-refractivity contribution in [2.45, 2.75) is 70.1 Å². The molecule has 0 bridgehead atoms. The smallest absolute Gasteiger partial charge is 0.218 e. The summed E-state index contributed by atoms with van der Waals surface area (Å²) in [6, 6.07) is 10.3. The van der Waals surface area contributed by atoms with Gasteiger partial charge in [-0.2, -0.15) is 0 Å². The quantitative estimate of drug-likeness (QED) is 0.185. The Morgan fingerprint density at radius 3 is 2.74 bits per heavy atom. The fraction of sp³-hybridized carbons (Fsp3) is 0.364. The van der Waals surface area contributed by atoms with E-state index < -0.39 is 11.8 Å². The first-order valence-corrected chi connectivity index (χ1v) is 13.5. The Morgan fingerprint density at radius 2 is 2.05 bits per heavy atom. The standard InChI is InChI=1S/C33H35N3O2/c1-4-5-27(30-19-25(11-15-35-30)23-6-7-23)20-36-22(3)24-10-12-33(13-14-33)29-9-8-26(18-28(29)17-24)32(38)21(2)16-31(34)37/h5,8-11,15,18-21,23H,1,6-7,12-14,16-17H2,2-3H3,(H2,34,37)/b27-20+,36-22?. The number of nitrogens with two attached hydrogens (primary N) is 1. The van der Waals surface area contributed by atoms with Crippen LogP contribution in [0, 0.1) is 5.92 Å². The summed E-state index contributed by atoms with van der Waals surface area (Å²) in [5.74, 6) is -0.278. The Balaban J connectivity index is 1.43. The number of benzene rings is 1. The van der Waals surface area contributed by atoms with Gasteiger partial charge >= 0.3 is 0 Å². The molecule has 2 fully saturated rings. The number of Topliss-reactive ketones (excluding diaryl/α,β-unsaturated/α-hetero) is 1. The van der Waals surface area contributed by atoms with Gasteiger partial charge in [-0.25, -0.2) is 0 Å². The summed E-state index contributed by atoms with van der Waals surface area (Å²) >= 11 is 0. The zero-order chi connectivity index (χ0) is 26.9. The zero-order valence-corrected chi connectivity index (χ0v) is 22.3. The Kier molecular flexibility index (Phi) is 7.14. The van der Waals surface area contributed by atoms with E-state index in [-0.39, 0.29) is 17.6 Å². The Bertz CT molecular complexity index is 1430. The van der Waals surface area contributed by atoms with Crippen LogP contribution in [0.5, 0.6) is 0 Å². The number of allylic oxidation sites excluding steroid dienone is 4. The third-order valence-electron chi connectivity index (χ3n) is 8.14. The number of carbonyl (C=O) groups is 2. The molecule has 3 aliphatic carbocycles. The summed E-state index contributed by atoms with van der Waals surface area (Å²) in [6.07, 6.45) is 14.4. The van der Waals surface area contributed by atoms with Crippen LogP contribution < -0.4 is 5.73 Å². The van der Waals surface area contributed by atoms with Crippen molar-refractivity contribution in [3.05, 3.63) is 101 Å². The molecule has 0 aliphatic heterocycles. The number of fused-ring (bicyclic) bond motifs is 2. The summed E-state index contributed by atoms with van der Waals surface area (Å²) in [6.45, 7) is 7.57. The Labute approximate surface area is 225 Å². The maximum Gasteiger partial charge on any atom is 0.218 e. The van der Waals surface area contributed by atoms with Gasteiger partial charge in [0.05, 0.1) is 5.69 Å². The van der Waals surface area contributed by atoms with Crippen molar-refractivity contribution < 1.29 is 9.59 Å². The van der Waals surface area contributed by atoms with Crippen molar-refractivity contribution >= 4 is 23.0 Å². The molecule has 1 heterocycles. The minimum Gasteiger partial charge on any atom is -0.370 e. The largest absolute Gasteiger partial charge is 0.370 e. The molecule has 3 aliphatic rings. The van der Waals surface area contributed by atoms with Crippen molar-refractivity contribution in [2.75, 3.05) is 0 Å². The predicted molar refractivity (Wildman–Crippen MR) is 152 cm³/mol. The Hall–Kier alpha value is -3.82. The number of amides is 1. The third-order valence-corrected chi connectivity index (χ3v) is 8.14. The van der Waals surface area contributed by atoms with E-state index in [0.717, 1.165) is 36.2 Å². The minimum absolute atomic E-state index is 0.0404. The summed E-state index contributed by atoms with van der Waals surface area (Å²) in [5, 5.41) is 0. The first-order valence-electron chi connectivity index (χ1n) is 13.5. The summed E-state index contributed by atoms with van der Waals surface area (Å²) in [7, 11) is 0. The van der Waals surface area contributed by atoms with E-state index in [1.807, 2.05) is 37.5 Å². The second-order valence-corrected chi connectivity index (χ2v) is 11.1. The third kappa shape index (κ3) is 5.54. The number of carbonyl (C=O) groups excluding carboxylic acids is 2. The first-order chi connectivity index (χ1) is 18.3. The number of aromatic nitrogens is 1. The fourth-order valence-corrected chi connectivity index (χ4v) is 5.51. The van der Waals surface area contributed by atoms with Crippen LogP contribution in [0.1, 0.15) is 91.0 Å². The lowest BCUT2D eigenvalue weighted by Gasteiger charge is -2.18. The van der Waals surface area contributed by atoms with E-state index in [9.17, 15) is 9.59 Å². The number of hydrogen-bond acceptors (Lipinski definition) is 4. The molecule has 1 aromatic heterocycles. The van der Waals surface area contributed by atoms with Crippen LogP contribution in [0.15, 0.2) is 77.8 Å². The highest BCUT2D eigenvalue weighted by atomic mass is 16.1. The molecule has 194 valence electrons. The van der Waals surface area contributed by atoms with Gasteiger partial charge in [0.2, 0.25) is 5.91 Å². The molecular formula is C33H35N3O2. The van der Waals surface area contributed by atoms with Crippen molar-refractivity contribution in [3.8, 4) is 0 Å². The maximum absolute atomic E-state index is 13.0. The van der Waals surface area contributed by atoms with Crippen molar-refractivity contribution in [1.82, 2.24) is 4.98 Å². The van der Waals surface area contributed by atoms with Gasteiger partial charge in [0, 0.05) is 41.6 Å². The van der Waals surface area contributed by atoms with Gasteiger partial charge in [-0.1, -0.05) is 31.7 Å². The molecule has 38 heavy (non-hydrogen) atoms. The molecule has 2 saturated carbocycles. The van der Waals surface area contributed by atoms with E-state index in [1.165, 1.54) is 35.1 Å². The minimum atomic E-state index is -0.456. The highest BCUT2D eigenvalue weighted by molar-refractivity contribution is 6.01. The lowest BCUT2D eigenvalue weighted by molar-refractivity contribution is -0.118. The second kappa shape index (κ2) is 10.5. The number of primary amides is 1. The van der Waals surface area contributed by atoms with E-state index in [0.29, 0.717) is 17.9 Å². The molecule has 1 aromatic carbocycles. The average Bonchev–Trinajstić information content (AvgIpc) is 3.82. The van der Waals surface area contributed by atoms with Crippen LogP contribution in [0.2, 0.25) is 0 Å². The normalized spacial score (nSPS) is 19.1. The van der Waals surface area contributed by atoms with Gasteiger partial charge in [-0.15, -0.1) is 5.73 Å². The number of rotatable bonds is 9. The maximum atomic E-state index is 13.0. The average molecular weight is 506 g/mol. The number of pyridine rings is 1. The fourth-order valence-electron chi connectivity index (χ4n) is 5.51. The number of nitrogens with zero attached hydrogens (tertiary/aromatic N) is 2. The molecular weight excluding hydrogens is 470 g/mol. The number of aliphatic imine (C=N–C) groups is 1. The predicted octanol–water partition coefficient (Wildman–Crippen LogP) is 6.40. The SMILES string of the molecule is C=C=C/C(=C\N=C(C)C1=CCC2(CC2)c2ccc(C(=O)C(C)CC(N)=O)cc2C1)c1cc(C2CC2)ccn1. The van der Waals surface area contributed by atoms with Gasteiger partial charge in [-0.3, -0.25) is 19.6 Å². The van der Waals surface area contributed by atoms with Gasteiger partial charge in [-0.05, 0) is 103 Å². The molecule has 2 N–H and O–H groups in total. The van der Waals surface area contributed by atoms with Crippen LogP contribution in [0.3, 0.4) is 0 Å². The lowest BCUT2D eigenvalue weighted by Crippen LogP contribution is -2.21. The molecule has 1 amide bonds. The van der Waals surface area contributed by atoms with Crippen LogP contribution in [0.25, 0.3) is 5.57 Å². The monoisotopic (exact) mass is 505 g/mol. The molecule has 5 heteroatoms. The van der Waals surface area contributed by atoms with Gasteiger partial charge in [0.1, 0.15) is 0 Å². The molecule has 0 saturated heterocycles. The van der Waals surface area contributed by atoms with Crippen molar-refractivity contribution in [1.29, 1.82) is 0 Å². The number of ketones is 1. The molecule has 2 aromatic rings. The van der Waals surface area contributed by atoms with Gasteiger partial charge in [0.25, 0.3) is 0 Å². The molecule has 5 rings (SSSR count). The van der Waals surface area contributed by atoms with Crippen molar-refractivity contribution in [3.63, 3.8) is 0 Å². The molecule has 1 spiro atoms. The van der Waals surface area contributed by atoms with Crippen molar-refractivity contribution in [2.24, 2.45) is 16.6 Å². The van der Waals surface area contributed by atoms with Crippen LogP contribution >= 0.6 is 0 Å². The van der Waals surface area contributed by atoms with Gasteiger partial charge in [0.15, 0.2) is 5.78 Å². The lowest BCUT2D eigenvalue weighted by atomic mass is 9.86. The second-order valence-electron chi connectivity index (χ2n) is 11.1. The topological polar surface area (TPSA) is 85.4 Å². The van der Waals surface area contributed by atoms with E-state index >= 15 is 0 Å². The highest BCUT2D eigenvalue weighted by Gasteiger charge is 2.45. The van der Waals surface area contributed by atoms with Crippen LogP contribution in [0.4, 0.5) is 0 Å². The molecule has 5 nitrogen and oxygen atoms in total. The van der Waals surface area contributed by atoms with E-state index in [2.05, 4.69) is 41.6 Å². The van der Waals surface area contributed by atoms with Crippen LogP contribution in [-0.2, 0) is 16.6 Å². The summed E-state index contributed by atoms with van der Waals surface area (Å²) < 4.78 is 0. The summed E-state index contributed by atoms with van der Waals surface area (Å²) in [4.78, 5) is 33.8. The zero-order valence-electron chi connectivity index (χ0n) is 22.3. The van der Waals surface area contributed by atoms with E-state index in [1.54, 1.807) is 6.92 Å². The summed E-state index contributed by atoms with van der Waals surface area (Å²) in [5.41, 5.74) is 16.7.